The minimum atomic E-state index is -0.159. The average Bonchev–Trinajstić information content (AvgIpc) is 2.07. The highest BCUT2D eigenvalue weighted by atomic mass is 16.3. The predicted molar refractivity (Wildman–Crippen MR) is 61.2 cm³/mol. The standard InChI is InChI=1S/C13H24O/c1-5-6-10-9-11(13(2,3)4)7-8-12(10)14/h9,11-12,14H,5-8H2,1-4H3. The van der Waals surface area contributed by atoms with Crippen LogP contribution in [0.1, 0.15) is 53.4 Å². The molecule has 1 aliphatic carbocycles. The van der Waals surface area contributed by atoms with E-state index in [2.05, 4.69) is 33.8 Å². The Bertz CT molecular complexity index is 210. The van der Waals surface area contributed by atoms with Gasteiger partial charge in [0.25, 0.3) is 0 Å². The van der Waals surface area contributed by atoms with Gasteiger partial charge in [0, 0.05) is 0 Å². The maximum absolute atomic E-state index is 9.82. The highest BCUT2D eigenvalue weighted by molar-refractivity contribution is 5.14. The molecule has 0 aliphatic heterocycles. The van der Waals surface area contributed by atoms with Crippen LogP contribution in [-0.4, -0.2) is 11.2 Å². The topological polar surface area (TPSA) is 20.2 Å². The van der Waals surface area contributed by atoms with E-state index < -0.39 is 0 Å². The zero-order chi connectivity index (χ0) is 10.8. The summed E-state index contributed by atoms with van der Waals surface area (Å²) in [5, 5.41) is 9.82. The van der Waals surface area contributed by atoms with Gasteiger partial charge in [-0.1, -0.05) is 40.2 Å². The van der Waals surface area contributed by atoms with Crippen LogP contribution in [0, 0.1) is 11.3 Å². The van der Waals surface area contributed by atoms with Gasteiger partial charge in [0.1, 0.15) is 0 Å². The highest BCUT2D eigenvalue weighted by Crippen LogP contribution is 2.37. The molecule has 0 aromatic heterocycles. The molecule has 0 aromatic carbocycles. The molecule has 0 radical (unpaired) electrons. The maximum atomic E-state index is 9.82. The fourth-order valence-electron chi connectivity index (χ4n) is 2.20. The van der Waals surface area contributed by atoms with Gasteiger partial charge < -0.3 is 5.11 Å². The first-order chi connectivity index (χ1) is 6.45. The van der Waals surface area contributed by atoms with Crippen molar-refractivity contribution in [3.8, 4) is 0 Å². The van der Waals surface area contributed by atoms with E-state index in [9.17, 15) is 5.11 Å². The summed E-state index contributed by atoms with van der Waals surface area (Å²) in [5.41, 5.74) is 1.62. The monoisotopic (exact) mass is 196 g/mol. The van der Waals surface area contributed by atoms with Crippen molar-refractivity contribution in [2.45, 2.75) is 59.5 Å². The van der Waals surface area contributed by atoms with E-state index in [1.807, 2.05) is 0 Å². The molecule has 0 amide bonds. The molecule has 0 spiro atoms. The van der Waals surface area contributed by atoms with Crippen molar-refractivity contribution in [2.24, 2.45) is 11.3 Å². The molecule has 82 valence electrons. The molecule has 0 fully saturated rings. The lowest BCUT2D eigenvalue weighted by Gasteiger charge is -2.34. The fraction of sp³-hybridized carbons (Fsp3) is 0.846. The van der Waals surface area contributed by atoms with Crippen LogP contribution in [0.3, 0.4) is 0 Å². The van der Waals surface area contributed by atoms with Crippen LogP contribution >= 0.6 is 0 Å². The number of hydrogen-bond acceptors (Lipinski definition) is 1. The van der Waals surface area contributed by atoms with Gasteiger partial charge in [-0.05, 0) is 36.2 Å². The van der Waals surface area contributed by atoms with Crippen molar-refractivity contribution in [1.82, 2.24) is 0 Å². The van der Waals surface area contributed by atoms with Crippen LogP contribution in [-0.2, 0) is 0 Å². The molecule has 0 bridgehead atoms. The Balaban J connectivity index is 2.74. The van der Waals surface area contributed by atoms with Crippen molar-refractivity contribution < 1.29 is 5.11 Å². The van der Waals surface area contributed by atoms with Crippen molar-refractivity contribution in [3.05, 3.63) is 11.6 Å². The number of hydrogen-bond donors (Lipinski definition) is 1. The van der Waals surface area contributed by atoms with E-state index in [4.69, 9.17) is 0 Å². The predicted octanol–water partition coefficient (Wildman–Crippen LogP) is 3.53. The quantitative estimate of drug-likeness (QED) is 0.670. The fourth-order valence-corrected chi connectivity index (χ4v) is 2.20. The number of aliphatic hydroxyl groups excluding tert-OH is 1. The van der Waals surface area contributed by atoms with E-state index in [1.54, 1.807) is 0 Å². The second-order valence-corrected chi connectivity index (χ2v) is 5.56. The normalized spacial score (nSPS) is 28.8. The van der Waals surface area contributed by atoms with Gasteiger partial charge in [-0.25, -0.2) is 0 Å². The van der Waals surface area contributed by atoms with Crippen LogP contribution in [0.15, 0.2) is 11.6 Å². The first-order valence-corrected chi connectivity index (χ1v) is 5.83. The molecule has 1 rings (SSSR count). The maximum Gasteiger partial charge on any atom is 0.0750 e. The third kappa shape index (κ3) is 2.84. The number of aliphatic hydroxyl groups is 1. The molecule has 14 heavy (non-hydrogen) atoms. The molecule has 1 N–H and O–H groups in total. The molecule has 0 saturated carbocycles. The first kappa shape index (κ1) is 11.8. The molecule has 1 nitrogen and oxygen atoms in total. The summed E-state index contributed by atoms with van der Waals surface area (Å²) < 4.78 is 0. The molecular formula is C13H24O. The number of allylic oxidation sites excluding steroid dienone is 1. The summed E-state index contributed by atoms with van der Waals surface area (Å²) in [6.07, 6.45) is 6.46. The second-order valence-electron chi connectivity index (χ2n) is 5.56. The molecular weight excluding hydrogens is 172 g/mol. The Morgan fingerprint density at radius 1 is 1.36 bits per heavy atom. The summed E-state index contributed by atoms with van der Waals surface area (Å²) in [5.74, 6) is 0.646. The minimum absolute atomic E-state index is 0.159. The van der Waals surface area contributed by atoms with Crippen LogP contribution in [0.5, 0.6) is 0 Å². The largest absolute Gasteiger partial charge is 0.389 e. The Hall–Kier alpha value is -0.300. The third-order valence-corrected chi connectivity index (χ3v) is 3.25. The lowest BCUT2D eigenvalue weighted by Crippen LogP contribution is -2.26. The average molecular weight is 196 g/mol. The van der Waals surface area contributed by atoms with Gasteiger partial charge in [0.05, 0.1) is 6.10 Å². The molecule has 0 aromatic rings. The van der Waals surface area contributed by atoms with Crippen molar-refractivity contribution in [2.75, 3.05) is 0 Å². The Kier molecular flexibility index (Phi) is 3.77. The van der Waals surface area contributed by atoms with Gasteiger partial charge in [0.2, 0.25) is 0 Å². The van der Waals surface area contributed by atoms with Gasteiger partial charge in [-0.2, -0.15) is 0 Å². The van der Waals surface area contributed by atoms with E-state index in [0.29, 0.717) is 11.3 Å². The van der Waals surface area contributed by atoms with E-state index in [1.165, 1.54) is 5.57 Å². The Morgan fingerprint density at radius 2 is 2.00 bits per heavy atom. The SMILES string of the molecule is CCCC1=CC(C(C)(C)C)CCC1O. The van der Waals surface area contributed by atoms with E-state index >= 15 is 0 Å². The van der Waals surface area contributed by atoms with Gasteiger partial charge in [-0.3, -0.25) is 0 Å². The molecule has 0 saturated heterocycles. The summed E-state index contributed by atoms with van der Waals surface area (Å²) in [7, 11) is 0. The zero-order valence-corrected chi connectivity index (χ0v) is 10.0. The van der Waals surface area contributed by atoms with E-state index in [-0.39, 0.29) is 6.10 Å². The third-order valence-electron chi connectivity index (χ3n) is 3.25. The van der Waals surface area contributed by atoms with Crippen LogP contribution < -0.4 is 0 Å². The van der Waals surface area contributed by atoms with Crippen molar-refractivity contribution in [3.63, 3.8) is 0 Å². The molecule has 2 unspecified atom stereocenters. The lowest BCUT2D eigenvalue weighted by molar-refractivity contribution is 0.153. The van der Waals surface area contributed by atoms with Crippen LogP contribution in [0.4, 0.5) is 0 Å². The van der Waals surface area contributed by atoms with Crippen LogP contribution in [0.2, 0.25) is 0 Å². The zero-order valence-electron chi connectivity index (χ0n) is 10.0. The van der Waals surface area contributed by atoms with Gasteiger partial charge >= 0.3 is 0 Å². The van der Waals surface area contributed by atoms with Crippen molar-refractivity contribution in [1.29, 1.82) is 0 Å². The van der Waals surface area contributed by atoms with Crippen molar-refractivity contribution >= 4 is 0 Å². The van der Waals surface area contributed by atoms with E-state index in [0.717, 1.165) is 25.7 Å². The second kappa shape index (κ2) is 4.48. The smallest absolute Gasteiger partial charge is 0.0750 e. The van der Waals surface area contributed by atoms with Gasteiger partial charge in [-0.15, -0.1) is 0 Å². The Morgan fingerprint density at radius 3 is 2.50 bits per heavy atom. The highest BCUT2D eigenvalue weighted by Gasteiger charge is 2.28. The summed E-state index contributed by atoms with van der Waals surface area (Å²) in [6, 6.07) is 0. The van der Waals surface area contributed by atoms with Crippen LogP contribution in [0.25, 0.3) is 0 Å². The molecule has 2 atom stereocenters. The molecule has 1 heteroatoms. The summed E-state index contributed by atoms with van der Waals surface area (Å²) in [4.78, 5) is 0. The Labute approximate surface area is 88.2 Å². The minimum Gasteiger partial charge on any atom is -0.389 e. The number of rotatable bonds is 2. The van der Waals surface area contributed by atoms with Gasteiger partial charge in [0.15, 0.2) is 0 Å². The molecule has 0 heterocycles. The summed E-state index contributed by atoms with van der Waals surface area (Å²) >= 11 is 0. The molecule has 1 aliphatic rings. The first-order valence-electron chi connectivity index (χ1n) is 5.83. The summed E-state index contributed by atoms with van der Waals surface area (Å²) in [6.45, 7) is 9.04. The lowest BCUT2D eigenvalue weighted by atomic mass is 9.73.